The standard InChI is InChI=1S/C31H49N3O4S/c1-10-12-20-32-28(35)27(25-17-15-24(11-2)16-18-25)34(23(5)14-13-22(3)4)29(36)26(19-21-39-9)33-30(37)38-31(6,7)8/h2,15-18,22-23,26-27H,10,12-14,19-21H2,1,3-9H3,(H,32,35)(H,33,37). The molecule has 0 aliphatic heterocycles. The zero-order valence-corrected chi connectivity index (χ0v) is 26.0. The van der Waals surface area contributed by atoms with Crippen LogP contribution in [0.1, 0.15) is 97.7 Å². The van der Waals surface area contributed by atoms with Gasteiger partial charge in [0.2, 0.25) is 11.8 Å². The van der Waals surface area contributed by atoms with Crippen LogP contribution in [-0.4, -0.2) is 59.0 Å². The van der Waals surface area contributed by atoms with Crippen LogP contribution in [0.5, 0.6) is 0 Å². The molecule has 0 saturated carbocycles. The number of unbranched alkanes of at least 4 members (excludes halogenated alkanes) is 1. The Kier molecular flexibility index (Phi) is 15.1. The number of thioether (sulfide) groups is 1. The minimum Gasteiger partial charge on any atom is -0.444 e. The van der Waals surface area contributed by atoms with E-state index < -0.39 is 23.8 Å². The number of benzene rings is 1. The number of nitrogens with zero attached hydrogens (tertiary/aromatic N) is 1. The smallest absolute Gasteiger partial charge is 0.408 e. The predicted molar refractivity (Wildman–Crippen MR) is 162 cm³/mol. The van der Waals surface area contributed by atoms with Crippen LogP contribution in [-0.2, 0) is 14.3 Å². The molecule has 8 heteroatoms. The Balaban J connectivity index is 3.58. The van der Waals surface area contributed by atoms with Crippen molar-refractivity contribution < 1.29 is 19.1 Å². The van der Waals surface area contributed by atoms with E-state index in [-0.39, 0.29) is 17.9 Å². The molecule has 218 valence electrons. The first-order chi connectivity index (χ1) is 18.3. The number of rotatable bonds is 15. The first-order valence-corrected chi connectivity index (χ1v) is 15.4. The van der Waals surface area contributed by atoms with Gasteiger partial charge in [-0.1, -0.05) is 45.2 Å². The van der Waals surface area contributed by atoms with E-state index in [0.717, 1.165) is 19.3 Å². The van der Waals surface area contributed by atoms with Crippen LogP contribution in [0.2, 0.25) is 0 Å². The Morgan fingerprint density at radius 2 is 1.72 bits per heavy atom. The molecule has 0 radical (unpaired) electrons. The molecule has 3 atom stereocenters. The number of hydrogen-bond donors (Lipinski definition) is 2. The molecule has 39 heavy (non-hydrogen) atoms. The highest BCUT2D eigenvalue weighted by Gasteiger charge is 2.38. The van der Waals surface area contributed by atoms with Crippen LogP contribution < -0.4 is 10.6 Å². The first kappa shape index (κ1) is 34.4. The number of carbonyl (C=O) groups is 3. The number of nitrogens with one attached hydrogen (secondary N) is 2. The number of carbonyl (C=O) groups excluding carboxylic acids is 3. The van der Waals surface area contributed by atoms with Gasteiger partial charge in [0.25, 0.3) is 0 Å². The molecular weight excluding hydrogens is 510 g/mol. The van der Waals surface area contributed by atoms with Crippen molar-refractivity contribution >= 4 is 29.7 Å². The summed E-state index contributed by atoms with van der Waals surface area (Å²) in [5, 5.41) is 5.83. The van der Waals surface area contributed by atoms with Crippen molar-refractivity contribution in [1.29, 1.82) is 0 Å². The van der Waals surface area contributed by atoms with Crippen molar-refractivity contribution in [3.63, 3.8) is 0 Å². The van der Waals surface area contributed by atoms with Gasteiger partial charge in [0.15, 0.2) is 0 Å². The highest BCUT2D eigenvalue weighted by Crippen LogP contribution is 2.28. The lowest BCUT2D eigenvalue weighted by Crippen LogP contribution is -2.55. The van der Waals surface area contributed by atoms with Crippen LogP contribution in [0.15, 0.2) is 24.3 Å². The first-order valence-electron chi connectivity index (χ1n) is 14.0. The molecule has 0 aromatic heterocycles. The van der Waals surface area contributed by atoms with Crippen LogP contribution in [0.4, 0.5) is 4.79 Å². The Labute approximate surface area is 240 Å². The fraction of sp³-hybridized carbons (Fsp3) is 0.645. The Hall–Kier alpha value is -2.66. The van der Waals surface area contributed by atoms with Gasteiger partial charge in [-0.25, -0.2) is 4.79 Å². The summed E-state index contributed by atoms with van der Waals surface area (Å²) in [7, 11) is 0. The summed E-state index contributed by atoms with van der Waals surface area (Å²) in [5.41, 5.74) is 0.662. The summed E-state index contributed by atoms with van der Waals surface area (Å²) < 4.78 is 5.48. The van der Waals surface area contributed by atoms with E-state index in [4.69, 9.17) is 11.2 Å². The molecule has 0 fully saturated rings. The molecule has 0 spiro atoms. The molecule has 0 aliphatic carbocycles. The fourth-order valence-electron chi connectivity index (χ4n) is 4.12. The third-order valence-corrected chi connectivity index (χ3v) is 6.88. The Bertz CT molecular complexity index is 950. The van der Waals surface area contributed by atoms with Crippen molar-refractivity contribution in [3.8, 4) is 12.3 Å². The topological polar surface area (TPSA) is 87.7 Å². The van der Waals surface area contributed by atoms with Crippen molar-refractivity contribution in [1.82, 2.24) is 15.5 Å². The van der Waals surface area contributed by atoms with Crippen LogP contribution in [0.25, 0.3) is 0 Å². The highest BCUT2D eigenvalue weighted by molar-refractivity contribution is 7.98. The van der Waals surface area contributed by atoms with Crippen LogP contribution >= 0.6 is 11.8 Å². The molecule has 7 nitrogen and oxygen atoms in total. The number of amides is 3. The van der Waals surface area contributed by atoms with Gasteiger partial charge in [-0.2, -0.15) is 11.8 Å². The monoisotopic (exact) mass is 559 g/mol. The van der Waals surface area contributed by atoms with E-state index in [0.29, 0.717) is 42.2 Å². The molecule has 0 bridgehead atoms. The SMILES string of the molecule is C#Cc1ccc(C(C(=O)NCCCC)N(C(=O)C(CCSC)NC(=O)OC(C)(C)C)C(C)CCC(C)C)cc1. The van der Waals surface area contributed by atoms with Gasteiger partial charge in [0, 0.05) is 18.2 Å². The van der Waals surface area contributed by atoms with E-state index in [1.165, 1.54) is 0 Å². The molecule has 3 amide bonds. The van der Waals surface area contributed by atoms with Gasteiger partial charge < -0.3 is 20.3 Å². The van der Waals surface area contributed by atoms with Gasteiger partial charge in [-0.3, -0.25) is 9.59 Å². The minimum atomic E-state index is -0.874. The summed E-state index contributed by atoms with van der Waals surface area (Å²) in [6, 6.07) is 5.22. The van der Waals surface area contributed by atoms with E-state index in [1.54, 1.807) is 49.6 Å². The van der Waals surface area contributed by atoms with Gasteiger partial charge in [-0.15, -0.1) is 6.42 Å². The number of ether oxygens (including phenoxy) is 1. The average Bonchev–Trinajstić information content (AvgIpc) is 2.86. The van der Waals surface area contributed by atoms with Gasteiger partial charge in [0.1, 0.15) is 17.7 Å². The molecular formula is C31H49N3O4S. The maximum absolute atomic E-state index is 14.3. The van der Waals surface area contributed by atoms with Crippen LogP contribution in [0, 0.1) is 18.3 Å². The Morgan fingerprint density at radius 1 is 1.08 bits per heavy atom. The van der Waals surface area contributed by atoms with Crippen molar-refractivity contribution in [2.75, 3.05) is 18.6 Å². The zero-order valence-electron chi connectivity index (χ0n) is 25.1. The molecule has 1 aromatic rings. The third-order valence-electron chi connectivity index (χ3n) is 6.24. The second-order valence-corrected chi connectivity index (χ2v) is 12.3. The normalized spacial score (nSPS) is 13.6. The fourth-order valence-corrected chi connectivity index (χ4v) is 4.59. The summed E-state index contributed by atoms with van der Waals surface area (Å²) in [4.78, 5) is 42.5. The zero-order chi connectivity index (χ0) is 29.6. The van der Waals surface area contributed by atoms with E-state index in [1.807, 2.05) is 25.3 Å². The number of hydrogen-bond acceptors (Lipinski definition) is 5. The van der Waals surface area contributed by atoms with Gasteiger partial charge in [-0.05, 0) is 89.0 Å². The average molecular weight is 560 g/mol. The maximum atomic E-state index is 14.3. The van der Waals surface area contributed by atoms with E-state index >= 15 is 0 Å². The third kappa shape index (κ3) is 12.4. The molecule has 0 saturated heterocycles. The van der Waals surface area contributed by atoms with E-state index in [2.05, 4.69) is 37.3 Å². The van der Waals surface area contributed by atoms with Crippen molar-refractivity contribution in [3.05, 3.63) is 35.4 Å². The Morgan fingerprint density at radius 3 is 2.23 bits per heavy atom. The summed E-state index contributed by atoms with van der Waals surface area (Å²) in [5.74, 6) is 3.15. The quantitative estimate of drug-likeness (QED) is 0.206. The lowest BCUT2D eigenvalue weighted by atomic mass is 9.96. The molecule has 0 heterocycles. The predicted octanol–water partition coefficient (Wildman–Crippen LogP) is 5.93. The second kappa shape index (κ2) is 17.1. The largest absolute Gasteiger partial charge is 0.444 e. The molecule has 0 aliphatic rings. The molecule has 2 N–H and O–H groups in total. The lowest BCUT2D eigenvalue weighted by molar-refractivity contribution is -0.145. The van der Waals surface area contributed by atoms with E-state index in [9.17, 15) is 14.4 Å². The summed E-state index contributed by atoms with van der Waals surface area (Å²) in [6.07, 6.45) is 10.7. The van der Waals surface area contributed by atoms with Crippen molar-refractivity contribution in [2.45, 2.75) is 104 Å². The molecule has 1 aromatic carbocycles. The highest BCUT2D eigenvalue weighted by atomic mass is 32.2. The number of alkyl carbamates (subject to hydrolysis) is 1. The van der Waals surface area contributed by atoms with Crippen LogP contribution in [0.3, 0.4) is 0 Å². The number of terminal acetylenes is 1. The summed E-state index contributed by atoms with van der Waals surface area (Å²) >= 11 is 1.59. The molecule has 3 unspecified atom stereocenters. The maximum Gasteiger partial charge on any atom is 0.408 e. The lowest BCUT2D eigenvalue weighted by Gasteiger charge is -2.39. The summed E-state index contributed by atoms with van der Waals surface area (Å²) in [6.45, 7) is 14.2. The second-order valence-electron chi connectivity index (χ2n) is 11.4. The van der Waals surface area contributed by atoms with Crippen molar-refractivity contribution in [2.24, 2.45) is 5.92 Å². The van der Waals surface area contributed by atoms with Gasteiger partial charge in [0.05, 0.1) is 0 Å². The van der Waals surface area contributed by atoms with Gasteiger partial charge >= 0.3 is 6.09 Å². The minimum absolute atomic E-state index is 0.248. The molecule has 1 rings (SSSR count).